The van der Waals surface area contributed by atoms with Gasteiger partial charge in [0.05, 0.1) is 7.11 Å². The van der Waals surface area contributed by atoms with Crippen LogP contribution in [0.15, 0.2) is 54.1 Å². The molecular formula is C24H24O6. The van der Waals surface area contributed by atoms with Crippen LogP contribution in [0.3, 0.4) is 0 Å². The summed E-state index contributed by atoms with van der Waals surface area (Å²) in [5.41, 5.74) is 1.53. The molecule has 6 nitrogen and oxygen atoms in total. The van der Waals surface area contributed by atoms with Crippen molar-refractivity contribution in [2.75, 3.05) is 7.11 Å². The molecule has 1 saturated heterocycles. The molecule has 1 aliphatic carbocycles. The first-order chi connectivity index (χ1) is 14.6. The maximum atomic E-state index is 12.5. The summed E-state index contributed by atoms with van der Waals surface area (Å²) in [5.74, 6) is -1.30. The van der Waals surface area contributed by atoms with Crippen molar-refractivity contribution in [3.8, 4) is 11.5 Å². The third-order valence-electron chi connectivity index (χ3n) is 5.35. The van der Waals surface area contributed by atoms with Gasteiger partial charge in [0.25, 0.3) is 5.79 Å². The molecule has 2 aromatic carbocycles. The average Bonchev–Trinajstić information content (AvgIpc) is 2.76. The first kappa shape index (κ1) is 20.0. The number of methoxy groups -OCH3 is 1. The molecule has 0 aromatic heterocycles. The van der Waals surface area contributed by atoms with Crippen LogP contribution < -0.4 is 9.47 Å². The predicted octanol–water partition coefficient (Wildman–Crippen LogP) is 4.42. The normalized spacial score (nSPS) is 17.8. The highest BCUT2D eigenvalue weighted by molar-refractivity contribution is 6.18. The Hall–Kier alpha value is -3.28. The molecule has 0 radical (unpaired) electrons. The van der Waals surface area contributed by atoms with Crippen LogP contribution in [0.2, 0.25) is 0 Å². The van der Waals surface area contributed by atoms with Gasteiger partial charge in [-0.1, -0.05) is 42.8 Å². The molecule has 0 unspecified atom stereocenters. The molecule has 6 heteroatoms. The second-order valence-electron chi connectivity index (χ2n) is 7.49. The fourth-order valence-corrected chi connectivity index (χ4v) is 3.76. The van der Waals surface area contributed by atoms with Crippen molar-refractivity contribution in [2.24, 2.45) is 0 Å². The Morgan fingerprint density at radius 3 is 2.30 bits per heavy atom. The van der Waals surface area contributed by atoms with Crippen LogP contribution in [0.25, 0.3) is 6.08 Å². The smallest absolute Gasteiger partial charge is 0.348 e. The van der Waals surface area contributed by atoms with Gasteiger partial charge in [0.2, 0.25) is 0 Å². The van der Waals surface area contributed by atoms with E-state index >= 15 is 0 Å². The van der Waals surface area contributed by atoms with Gasteiger partial charge in [-0.2, -0.15) is 0 Å². The van der Waals surface area contributed by atoms with Crippen LogP contribution in [0, 0.1) is 0 Å². The number of carbonyl (C=O) groups is 2. The lowest BCUT2D eigenvalue weighted by Gasteiger charge is -2.38. The van der Waals surface area contributed by atoms with E-state index in [4.69, 9.17) is 18.9 Å². The zero-order valence-corrected chi connectivity index (χ0v) is 16.9. The number of hydrogen-bond acceptors (Lipinski definition) is 6. The summed E-state index contributed by atoms with van der Waals surface area (Å²) in [7, 11) is 1.54. The van der Waals surface area contributed by atoms with Gasteiger partial charge in [-0.25, -0.2) is 9.59 Å². The average molecular weight is 408 g/mol. The lowest BCUT2D eigenvalue weighted by molar-refractivity contribution is -0.244. The number of hydrogen-bond donors (Lipinski definition) is 0. The maximum Gasteiger partial charge on any atom is 0.348 e. The van der Waals surface area contributed by atoms with E-state index in [1.54, 1.807) is 18.2 Å². The molecule has 1 aliphatic heterocycles. The Morgan fingerprint density at radius 1 is 0.933 bits per heavy atom. The SMILES string of the molecule is COc1cc(C=C2C(=O)OC3(CCCCC3)OC2=O)ccc1OCc1ccccc1. The summed E-state index contributed by atoms with van der Waals surface area (Å²) in [6.07, 6.45) is 5.38. The monoisotopic (exact) mass is 408 g/mol. The largest absolute Gasteiger partial charge is 0.493 e. The van der Waals surface area contributed by atoms with Gasteiger partial charge >= 0.3 is 11.9 Å². The molecule has 1 spiro atoms. The summed E-state index contributed by atoms with van der Waals surface area (Å²) >= 11 is 0. The molecule has 2 aliphatic rings. The van der Waals surface area contributed by atoms with Crippen molar-refractivity contribution in [1.82, 2.24) is 0 Å². The van der Waals surface area contributed by atoms with E-state index in [0.29, 0.717) is 36.5 Å². The third-order valence-corrected chi connectivity index (χ3v) is 5.35. The molecule has 1 saturated carbocycles. The van der Waals surface area contributed by atoms with Gasteiger partial charge in [-0.3, -0.25) is 0 Å². The summed E-state index contributed by atoms with van der Waals surface area (Å²) in [6, 6.07) is 15.0. The van der Waals surface area contributed by atoms with Crippen molar-refractivity contribution < 1.29 is 28.5 Å². The van der Waals surface area contributed by atoms with Crippen LogP contribution in [0.1, 0.15) is 43.2 Å². The molecule has 0 amide bonds. The van der Waals surface area contributed by atoms with E-state index in [1.165, 1.54) is 13.2 Å². The van der Waals surface area contributed by atoms with Crippen molar-refractivity contribution in [3.05, 3.63) is 65.2 Å². The van der Waals surface area contributed by atoms with E-state index in [9.17, 15) is 9.59 Å². The molecule has 0 N–H and O–H groups in total. The highest BCUT2D eigenvalue weighted by Gasteiger charge is 2.46. The molecular weight excluding hydrogens is 384 g/mol. The van der Waals surface area contributed by atoms with Gasteiger partial charge < -0.3 is 18.9 Å². The minimum atomic E-state index is -1.09. The van der Waals surface area contributed by atoms with E-state index in [1.807, 2.05) is 30.3 Å². The Bertz CT molecular complexity index is 935. The minimum absolute atomic E-state index is 0.119. The van der Waals surface area contributed by atoms with Crippen LogP contribution in [-0.4, -0.2) is 24.8 Å². The summed E-state index contributed by atoms with van der Waals surface area (Å²) in [6.45, 7) is 0.401. The van der Waals surface area contributed by atoms with Crippen LogP contribution in [-0.2, 0) is 25.7 Å². The second kappa shape index (κ2) is 8.61. The molecule has 1 heterocycles. The lowest BCUT2D eigenvalue weighted by atomic mass is 9.93. The number of rotatable bonds is 5. The maximum absolute atomic E-state index is 12.5. The van der Waals surface area contributed by atoms with Crippen molar-refractivity contribution in [3.63, 3.8) is 0 Å². The number of esters is 2. The fraction of sp³-hybridized carbons (Fsp3) is 0.333. The Morgan fingerprint density at radius 2 is 1.63 bits per heavy atom. The first-order valence-electron chi connectivity index (χ1n) is 10.1. The Kier molecular flexibility index (Phi) is 5.74. The van der Waals surface area contributed by atoms with Gasteiger partial charge in [0, 0.05) is 12.8 Å². The summed E-state index contributed by atoms with van der Waals surface area (Å²) < 4.78 is 22.3. The minimum Gasteiger partial charge on any atom is -0.493 e. The standard InChI is InChI=1S/C24H24O6/c1-27-21-15-18(10-11-20(21)28-16-17-8-4-2-5-9-17)14-19-22(25)29-24(30-23(19)26)12-6-3-7-13-24/h2,4-5,8-11,14-15H,3,6-7,12-13,16H2,1H3. The molecule has 4 rings (SSSR count). The molecule has 2 aromatic rings. The summed E-state index contributed by atoms with van der Waals surface area (Å²) in [4.78, 5) is 25.0. The van der Waals surface area contributed by atoms with Crippen molar-refractivity contribution in [1.29, 1.82) is 0 Å². The Labute approximate surface area is 175 Å². The van der Waals surface area contributed by atoms with Gasteiger partial charge in [-0.15, -0.1) is 0 Å². The molecule has 30 heavy (non-hydrogen) atoms. The lowest BCUT2D eigenvalue weighted by Crippen LogP contribution is -2.47. The van der Waals surface area contributed by atoms with Gasteiger partial charge in [-0.05, 0) is 42.2 Å². The molecule has 0 atom stereocenters. The number of benzene rings is 2. The highest BCUT2D eigenvalue weighted by Crippen LogP contribution is 2.37. The van der Waals surface area contributed by atoms with E-state index < -0.39 is 17.7 Å². The van der Waals surface area contributed by atoms with Crippen LogP contribution >= 0.6 is 0 Å². The van der Waals surface area contributed by atoms with E-state index in [0.717, 1.165) is 24.8 Å². The quantitative estimate of drug-likeness (QED) is 0.414. The topological polar surface area (TPSA) is 71.1 Å². The van der Waals surface area contributed by atoms with E-state index in [-0.39, 0.29) is 5.57 Å². The first-order valence-corrected chi connectivity index (χ1v) is 10.1. The summed E-state index contributed by atoms with van der Waals surface area (Å²) in [5, 5.41) is 0. The van der Waals surface area contributed by atoms with Crippen molar-refractivity contribution in [2.45, 2.75) is 44.5 Å². The second-order valence-corrected chi connectivity index (χ2v) is 7.49. The van der Waals surface area contributed by atoms with Crippen LogP contribution in [0.4, 0.5) is 0 Å². The number of ether oxygens (including phenoxy) is 4. The number of carbonyl (C=O) groups excluding carboxylic acids is 2. The van der Waals surface area contributed by atoms with Gasteiger partial charge in [0.1, 0.15) is 12.2 Å². The molecule has 0 bridgehead atoms. The third kappa shape index (κ3) is 4.32. The zero-order chi connectivity index (χ0) is 21.0. The van der Waals surface area contributed by atoms with Gasteiger partial charge in [0.15, 0.2) is 11.5 Å². The Balaban J connectivity index is 1.50. The molecule has 156 valence electrons. The molecule has 2 fully saturated rings. The predicted molar refractivity (Wildman–Crippen MR) is 110 cm³/mol. The van der Waals surface area contributed by atoms with E-state index in [2.05, 4.69) is 0 Å². The fourth-order valence-electron chi connectivity index (χ4n) is 3.76. The highest BCUT2D eigenvalue weighted by atomic mass is 16.7. The van der Waals surface area contributed by atoms with Crippen molar-refractivity contribution >= 4 is 18.0 Å². The van der Waals surface area contributed by atoms with Crippen LogP contribution in [0.5, 0.6) is 11.5 Å². The zero-order valence-electron chi connectivity index (χ0n) is 16.9.